The van der Waals surface area contributed by atoms with E-state index in [0.717, 1.165) is 37.4 Å². The summed E-state index contributed by atoms with van der Waals surface area (Å²) in [6.07, 6.45) is 1.91. The van der Waals surface area contributed by atoms with E-state index in [9.17, 15) is 4.79 Å². The Morgan fingerprint density at radius 3 is 2.75 bits per heavy atom. The van der Waals surface area contributed by atoms with E-state index in [1.165, 1.54) is 26.1 Å². The predicted octanol–water partition coefficient (Wildman–Crippen LogP) is 4.28. The molecule has 6 heteroatoms. The summed E-state index contributed by atoms with van der Waals surface area (Å²) < 4.78 is 1.28. The normalized spacial score (nSPS) is 16.5. The molecule has 0 unspecified atom stereocenters. The minimum Gasteiger partial charge on any atom is -0.322 e. The van der Waals surface area contributed by atoms with E-state index >= 15 is 0 Å². The number of benzene rings is 2. The summed E-state index contributed by atoms with van der Waals surface area (Å²) >= 11 is 1.79. The van der Waals surface area contributed by atoms with Gasteiger partial charge in [-0.2, -0.15) is 0 Å². The van der Waals surface area contributed by atoms with Gasteiger partial charge in [0.05, 0.1) is 6.54 Å². The largest absolute Gasteiger partial charge is 0.322 e. The second-order valence-corrected chi connectivity index (χ2v) is 8.51. The van der Waals surface area contributed by atoms with E-state index in [-0.39, 0.29) is 6.03 Å². The Kier molecular flexibility index (Phi) is 4.37. The first-order chi connectivity index (χ1) is 13.7. The monoisotopic (exact) mass is 390 g/mol. The van der Waals surface area contributed by atoms with Crippen LogP contribution in [0, 0.1) is 0 Å². The highest BCUT2D eigenvalue weighted by molar-refractivity contribution is 7.22. The Morgan fingerprint density at radius 1 is 1.11 bits per heavy atom. The lowest BCUT2D eigenvalue weighted by Gasteiger charge is -2.32. The number of urea groups is 1. The second-order valence-electron chi connectivity index (χ2n) is 7.43. The van der Waals surface area contributed by atoms with Crippen molar-refractivity contribution in [3.05, 3.63) is 53.6 Å². The van der Waals surface area contributed by atoms with Crippen LogP contribution < -0.4 is 5.32 Å². The van der Waals surface area contributed by atoms with Crippen LogP contribution in [0.15, 0.2) is 47.5 Å². The average molecular weight is 391 g/mol. The highest BCUT2D eigenvalue weighted by Crippen LogP contribution is 2.39. The summed E-state index contributed by atoms with van der Waals surface area (Å²) in [6.45, 7) is 4.05. The van der Waals surface area contributed by atoms with Crippen LogP contribution in [0.1, 0.15) is 11.1 Å². The van der Waals surface area contributed by atoms with Gasteiger partial charge in [0, 0.05) is 53.2 Å². The van der Waals surface area contributed by atoms with E-state index in [2.05, 4.69) is 58.7 Å². The summed E-state index contributed by atoms with van der Waals surface area (Å²) in [7, 11) is 2.09. The molecular formula is C22H22N4OS. The van der Waals surface area contributed by atoms with Crippen molar-refractivity contribution < 1.29 is 4.79 Å². The lowest BCUT2D eigenvalue weighted by atomic mass is 10.0. The molecule has 142 valence electrons. The Morgan fingerprint density at radius 2 is 1.93 bits per heavy atom. The third-order valence-electron chi connectivity index (χ3n) is 5.50. The topological polar surface area (TPSA) is 47.9 Å². The maximum Gasteiger partial charge on any atom is 0.321 e. The number of likely N-dealkylation sites (N-methyl/N-ethyl adjacent to an activating group) is 1. The number of thiophene rings is 1. The number of aliphatic imine (C=N–C) groups is 1. The van der Waals surface area contributed by atoms with Crippen molar-refractivity contribution in [3.8, 4) is 10.4 Å². The molecular weight excluding hydrogens is 368 g/mol. The minimum atomic E-state index is -0.0229. The van der Waals surface area contributed by atoms with Crippen LogP contribution in [0.3, 0.4) is 0 Å². The molecule has 0 aliphatic carbocycles. The molecule has 1 fully saturated rings. The Bertz CT molecular complexity index is 1050. The summed E-state index contributed by atoms with van der Waals surface area (Å²) in [5.41, 5.74) is 4.35. The average Bonchev–Trinajstić information content (AvgIpc) is 3.34. The summed E-state index contributed by atoms with van der Waals surface area (Å²) in [5, 5.41) is 4.36. The third kappa shape index (κ3) is 3.19. The zero-order valence-corrected chi connectivity index (χ0v) is 16.6. The number of fused-ring (bicyclic) bond motifs is 2. The molecule has 2 aromatic carbocycles. The van der Waals surface area contributed by atoms with Crippen LogP contribution in [-0.4, -0.2) is 55.3 Å². The maximum atomic E-state index is 12.7. The Labute approximate surface area is 168 Å². The molecule has 0 saturated carbocycles. The van der Waals surface area contributed by atoms with Gasteiger partial charge in [-0.3, -0.25) is 4.99 Å². The van der Waals surface area contributed by atoms with Crippen molar-refractivity contribution in [1.29, 1.82) is 0 Å². The van der Waals surface area contributed by atoms with E-state index < -0.39 is 0 Å². The molecule has 0 bridgehead atoms. The molecule has 0 atom stereocenters. The van der Waals surface area contributed by atoms with Gasteiger partial charge < -0.3 is 15.1 Å². The first-order valence-electron chi connectivity index (χ1n) is 9.57. The fourth-order valence-electron chi connectivity index (χ4n) is 3.84. The lowest BCUT2D eigenvalue weighted by molar-refractivity contribution is 0.164. The smallest absolute Gasteiger partial charge is 0.321 e. The van der Waals surface area contributed by atoms with E-state index in [1.807, 2.05) is 17.2 Å². The third-order valence-corrected chi connectivity index (χ3v) is 6.65. The zero-order valence-electron chi connectivity index (χ0n) is 15.8. The molecule has 3 aromatic rings. The van der Waals surface area contributed by atoms with Gasteiger partial charge >= 0.3 is 6.03 Å². The SMILES string of the molecule is CN1CCN(C(=O)Nc2cc3c(c(-c4cc5ccccc5s4)c2)CN=C3)CC1. The molecule has 5 rings (SSSR count). The van der Waals surface area contributed by atoms with Gasteiger partial charge in [-0.05, 0) is 47.8 Å². The summed E-state index contributed by atoms with van der Waals surface area (Å²) in [6, 6.07) is 14.8. The van der Waals surface area contributed by atoms with Gasteiger partial charge in [-0.15, -0.1) is 11.3 Å². The number of nitrogens with one attached hydrogen (secondary N) is 1. The maximum absolute atomic E-state index is 12.7. The number of hydrogen-bond donors (Lipinski definition) is 1. The van der Waals surface area contributed by atoms with Crippen molar-refractivity contribution in [1.82, 2.24) is 9.80 Å². The number of amides is 2. The van der Waals surface area contributed by atoms with E-state index in [1.54, 1.807) is 11.3 Å². The fourth-order valence-corrected chi connectivity index (χ4v) is 4.95. The van der Waals surface area contributed by atoms with Crippen molar-refractivity contribution in [2.75, 3.05) is 38.5 Å². The van der Waals surface area contributed by atoms with Crippen LogP contribution in [0.2, 0.25) is 0 Å². The van der Waals surface area contributed by atoms with Crippen LogP contribution in [0.25, 0.3) is 20.5 Å². The van der Waals surface area contributed by atoms with Gasteiger partial charge in [-0.25, -0.2) is 4.79 Å². The van der Waals surface area contributed by atoms with Crippen molar-refractivity contribution in [2.45, 2.75) is 6.54 Å². The van der Waals surface area contributed by atoms with Crippen LogP contribution in [-0.2, 0) is 6.54 Å². The molecule has 0 radical (unpaired) electrons. The first kappa shape index (κ1) is 17.4. The number of hydrogen-bond acceptors (Lipinski definition) is 4. The van der Waals surface area contributed by atoms with Crippen LogP contribution in [0.4, 0.5) is 10.5 Å². The number of anilines is 1. The van der Waals surface area contributed by atoms with Crippen molar-refractivity contribution in [2.24, 2.45) is 4.99 Å². The Balaban J connectivity index is 1.47. The molecule has 2 aliphatic rings. The highest BCUT2D eigenvalue weighted by Gasteiger charge is 2.21. The van der Waals surface area contributed by atoms with Gasteiger partial charge in [0.2, 0.25) is 0 Å². The van der Waals surface area contributed by atoms with Crippen molar-refractivity contribution >= 4 is 39.4 Å². The number of carbonyl (C=O) groups is 1. The first-order valence-corrected chi connectivity index (χ1v) is 10.4. The van der Waals surface area contributed by atoms with Crippen LogP contribution >= 0.6 is 11.3 Å². The van der Waals surface area contributed by atoms with E-state index in [4.69, 9.17) is 0 Å². The van der Waals surface area contributed by atoms with Crippen molar-refractivity contribution in [3.63, 3.8) is 0 Å². The molecule has 5 nitrogen and oxygen atoms in total. The molecule has 1 N–H and O–H groups in total. The lowest BCUT2D eigenvalue weighted by Crippen LogP contribution is -2.48. The Hall–Kier alpha value is -2.70. The number of rotatable bonds is 2. The molecule has 3 heterocycles. The molecule has 28 heavy (non-hydrogen) atoms. The van der Waals surface area contributed by atoms with Gasteiger partial charge in [0.1, 0.15) is 0 Å². The highest BCUT2D eigenvalue weighted by atomic mass is 32.1. The van der Waals surface area contributed by atoms with Gasteiger partial charge in [0.15, 0.2) is 0 Å². The fraction of sp³-hybridized carbons (Fsp3) is 0.273. The standard InChI is InChI=1S/C22H22N4OS/c1-25-6-8-26(9-7-25)22(27)24-17-10-16-13-23-14-19(16)18(12-17)21-11-15-4-2-3-5-20(15)28-21/h2-5,10-13H,6-9,14H2,1H3,(H,24,27). The molecule has 1 aromatic heterocycles. The van der Waals surface area contributed by atoms with Gasteiger partial charge in [0.25, 0.3) is 0 Å². The molecule has 1 saturated heterocycles. The summed E-state index contributed by atoms with van der Waals surface area (Å²) in [4.78, 5) is 22.5. The van der Waals surface area contributed by atoms with Gasteiger partial charge in [-0.1, -0.05) is 18.2 Å². The number of carbonyl (C=O) groups excluding carboxylic acids is 1. The zero-order chi connectivity index (χ0) is 19.1. The number of piperazine rings is 1. The van der Waals surface area contributed by atoms with Crippen LogP contribution in [0.5, 0.6) is 0 Å². The molecule has 2 amide bonds. The second kappa shape index (κ2) is 7.04. The quantitative estimate of drug-likeness (QED) is 0.710. The van der Waals surface area contributed by atoms with E-state index in [0.29, 0.717) is 6.54 Å². The molecule has 2 aliphatic heterocycles. The predicted molar refractivity (Wildman–Crippen MR) is 117 cm³/mol. The minimum absolute atomic E-state index is 0.0229. The number of nitrogens with zero attached hydrogens (tertiary/aromatic N) is 3. The molecule has 0 spiro atoms. The summed E-state index contributed by atoms with van der Waals surface area (Å²) in [5.74, 6) is 0.